The average Bonchev–Trinajstić information content (AvgIpc) is 2.23. The molecular weight excluding hydrogens is 222 g/mol. The molecule has 1 rings (SSSR count). The van der Waals surface area contributed by atoms with Crippen LogP contribution in [0.4, 0.5) is 0 Å². The third-order valence-corrected chi connectivity index (χ3v) is 3.29. The van der Waals surface area contributed by atoms with Crippen LogP contribution in [0.15, 0.2) is 6.07 Å². The molecule has 0 fully saturated rings. The molecule has 2 nitrogen and oxygen atoms in total. The third-order valence-electron chi connectivity index (χ3n) is 2.90. The molecule has 0 aliphatic rings. The first-order valence-corrected chi connectivity index (χ1v) is 6.02. The standard InChI is InChI=1S/C13H20ClNO/c1-8(2)11-7-12(14)9(3)10(13(11)16)5-6-15-4/h7-8,15-16H,5-6H2,1-4H3. The predicted octanol–water partition coefficient (Wildman–Crippen LogP) is 3.24. The van der Waals surface area contributed by atoms with Gasteiger partial charge in [0.05, 0.1) is 0 Å². The van der Waals surface area contributed by atoms with Crippen LogP contribution in [-0.2, 0) is 6.42 Å². The minimum absolute atomic E-state index is 0.284. The number of aromatic hydroxyl groups is 1. The average molecular weight is 242 g/mol. The molecule has 2 N–H and O–H groups in total. The molecule has 0 unspecified atom stereocenters. The molecule has 1 aromatic carbocycles. The second-order valence-corrected chi connectivity index (χ2v) is 4.82. The first-order valence-electron chi connectivity index (χ1n) is 5.64. The molecule has 0 amide bonds. The summed E-state index contributed by atoms with van der Waals surface area (Å²) >= 11 is 6.18. The molecule has 0 saturated heterocycles. The van der Waals surface area contributed by atoms with Crippen molar-refractivity contribution in [3.63, 3.8) is 0 Å². The van der Waals surface area contributed by atoms with Gasteiger partial charge >= 0.3 is 0 Å². The summed E-state index contributed by atoms with van der Waals surface area (Å²) in [5, 5.41) is 14.0. The highest BCUT2D eigenvalue weighted by molar-refractivity contribution is 6.31. The van der Waals surface area contributed by atoms with E-state index in [1.165, 1.54) is 0 Å². The van der Waals surface area contributed by atoms with Gasteiger partial charge in [-0.3, -0.25) is 0 Å². The summed E-state index contributed by atoms with van der Waals surface area (Å²) < 4.78 is 0. The highest BCUT2D eigenvalue weighted by atomic mass is 35.5. The van der Waals surface area contributed by atoms with Crippen LogP contribution < -0.4 is 5.32 Å². The van der Waals surface area contributed by atoms with Gasteiger partial charge in [-0.1, -0.05) is 25.4 Å². The third kappa shape index (κ3) is 2.69. The fourth-order valence-electron chi connectivity index (χ4n) is 1.81. The Labute approximate surface area is 103 Å². The van der Waals surface area contributed by atoms with E-state index in [1.54, 1.807) is 0 Å². The van der Waals surface area contributed by atoms with E-state index in [-0.39, 0.29) is 5.92 Å². The number of likely N-dealkylation sites (N-methyl/N-ethyl adjacent to an activating group) is 1. The van der Waals surface area contributed by atoms with Gasteiger partial charge in [0.2, 0.25) is 0 Å². The largest absolute Gasteiger partial charge is 0.507 e. The molecule has 0 aromatic heterocycles. The Kier molecular flexibility index (Phi) is 4.63. The van der Waals surface area contributed by atoms with Crippen molar-refractivity contribution < 1.29 is 5.11 Å². The minimum atomic E-state index is 0.284. The number of phenolic OH excluding ortho intramolecular Hbond substituents is 1. The minimum Gasteiger partial charge on any atom is -0.507 e. The SMILES string of the molecule is CNCCc1c(C)c(Cl)cc(C(C)C)c1O. The lowest BCUT2D eigenvalue weighted by Crippen LogP contribution is -2.12. The van der Waals surface area contributed by atoms with Crippen molar-refractivity contribution in [3.8, 4) is 5.75 Å². The van der Waals surface area contributed by atoms with E-state index < -0.39 is 0 Å². The fraction of sp³-hybridized carbons (Fsp3) is 0.538. The van der Waals surface area contributed by atoms with Crippen molar-refractivity contribution in [2.24, 2.45) is 0 Å². The topological polar surface area (TPSA) is 32.3 Å². The molecule has 1 aromatic rings. The van der Waals surface area contributed by atoms with Gasteiger partial charge < -0.3 is 10.4 Å². The lowest BCUT2D eigenvalue weighted by atomic mass is 9.94. The molecule has 0 aliphatic carbocycles. The van der Waals surface area contributed by atoms with E-state index >= 15 is 0 Å². The molecule has 0 saturated carbocycles. The monoisotopic (exact) mass is 241 g/mol. The van der Waals surface area contributed by atoms with Crippen molar-refractivity contribution in [3.05, 3.63) is 27.8 Å². The zero-order valence-corrected chi connectivity index (χ0v) is 11.2. The van der Waals surface area contributed by atoms with Gasteiger partial charge in [-0.2, -0.15) is 0 Å². The molecule has 0 aliphatic heterocycles. The van der Waals surface area contributed by atoms with Gasteiger partial charge in [-0.15, -0.1) is 0 Å². The van der Waals surface area contributed by atoms with Gasteiger partial charge in [0.25, 0.3) is 0 Å². The summed E-state index contributed by atoms with van der Waals surface area (Å²) in [5.74, 6) is 0.693. The lowest BCUT2D eigenvalue weighted by molar-refractivity contribution is 0.456. The molecule has 3 heteroatoms. The van der Waals surface area contributed by atoms with Crippen LogP contribution >= 0.6 is 11.6 Å². The molecular formula is C13H20ClNO. The van der Waals surface area contributed by atoms with Gasteiger partial charge in [0.1, 0.15) is 5.75 Å². The first kappa shape index (κ1) is 13.3. The normalized spacial score (nSPS) is 11.1. The first-order chi connectivity index (χ1) is 7.49. The van der Waals surface area contributed by atoms with Crippen molar-refractivity contribution in [2.75, 3.05) is 13.6 Å². The molecule has 16 heavy (non-hydrogen) atoms. The predicted molar refractivity (Wildman–Crippen MR) is 69.6 cm³/mol. The summed E-state index contributed by atoms with van der Waals surface area (Å²) in [5.41, 5.74) is 2.88. The Morgan fingerprint density at radius 2 is 2.06 bits per heavy atom. The number of hydrogen-bond donors (Lipinski definition) is 2. The van der Waals surface area contributed by atoms with Crippen LogP contribution in [0.1, 0.15) is 36.5 Å². The Morgan fingerprint density at radius 3 is 2.56 bits per heavy atom. The summed E-state index contributed by atoms with van der Waals surface area (Å²) in [7, 11) is 1.90. The number of halogens is 1. The maximum Gasteiger partial charge on any atom is 0.122 e. The van der Waals surface area contributed by atoms with E-state index in [0.717, 1.165) is 34.7 Å². The smallest absolute Gasteiger partial charge is 0.122 e. The van der Waals surface area contributed by atoms with Gasteiger partial charge in [0.15, 0.2) is 0 Å². The van der Waals surface area contributed by atoms with E-state index in [9.17, 15) is 5.11 Å². The van der Waals surface area contributed by atoms with E-state index in [4.69, 9.17) is 11.6 Å². The highest BCUT2D eigenvalue weighted by Crippen LogP contribution is 2.35. The second-order valence-electron chi connectivity index (χ2n) is 4.41. The van der Waals surface area contributed by atoms with Crippen molar-refractivity contribution in [2.45, 2.75) is 33.1 Å². The van der Waals surface area contributed by atoms with Crippen LogP contribution in [0, 0.1) is 6.92 Å². The van der Waals surface area contributed by atoms with Crippen molar-refractivity contribution in [1.82, 2.24) is 5.32 Å². The second kappa shape index (κ2) is 5.55. The van der Waals surface area contributed by atoms with Gasteiger partial charge in [0, 0.05) is 5.02 Å². The number of phenols is 1. The zero-order chi connectivity index (χ0) is 12.3. The summed E-state index contributed by atoms with van der Waals surface area (Å²) in [4.78, 5) is 0. The molecule has 90 valence electrons. The molecule has 0 radical (unpaired) electrons. The van der Waals surface area contributed by atoms with Crippen LogP contribution in [0.3, 0.4) is 0 Å². The Hall–Kier alpha value is -0.730. The van der Waals surface area contributed by atoms with Crippen molar-refractivity contribution >= 4 is 11.6 Å². The van der Waals surface area contributed by atoms with Crippen LogP contribution in [-0.4, -0.2) is 18.7 Å². The number of nitrogens with one attached hydrogen (secondary N) is 1. The molecule has 0 atom stereocenters. The van der Waals surface area contributed by atoms with Crippen LogP contribution in [0.25, 0.3) is 0 Å². The zero-order valence-electron chi connectivity index (χ0n) is 10.4. The lowest BCUT2D eigenvalue weighted by Gasteiger charge is -2.16. The van der Waals surface area contributed by atoms with E-state index in [0.29, 0.717) is 5.75 Å². The van der Waals surface area contributed by atoms with Gasteiger partial charge in [-0.05, 0) is 55.6 Å². The fourth-order valence-corrected chi connectivity index (χ4v) is 2.04. The highest BCUT2D eigenvalue weighted by Gasteiger charge is 2.15. The maximum absolute atomic E-state index is 10.2. The Bertz CT molecular complexity index is 375. The quantitative estimate of drug-likeness (QED) is 0.848. The van der Waals surface area contributed by atoms with Crippen LogP contribution in [0.5, 0.6) is 5.75 Å². The number of benzene rings is 1. The summed E-state index contributed by atoms with van der Waals surface area (Å²) in [6.07, 6.45) is 0.800. The number of hydrogen-bond acceptors (Lipinski definition) is 2. The maximum atomic E-state index is 10.2. The van der Waals surface area contributed by atoms with Gasteiger partial charge in [-0.25, -0.2) is 0 Å². The summed E-state index contributed by atoms with van der Waals surface area (Å²) in [6.45, 7) is 6.91. The Morgan fingerprint density at radius 1 is 1.44 bits per heavy atom. The van der Waals surface area contributed by atoms with E-state index in [2.05, 4.69) is 19.2 Å². The summed E-state index contributed by atoms with van der Waals surface area (Å²) in [6, 6.07) is 1.87. The molecule has 0 bridgehead atoms. The van der Waals surface area contributed by atoms with Crippen LogP contribution in [0.2, 0.25) is 5.02 Å². The molecule has 0 heterocycles. The van der Waals surface area contributed by atoms with E-state index in [1.807, 2.05) is 20.0 Å². The van der Waals surface area contributed by atoms with Crippen molar-refractivity contribution in [1.29, 1.82) is 0 Å². The Balaban J connectivity index is 3.22. The molecule has 0 spiro atoms. The number of rotatable bonds is 4.